The van der Waals surface area contributed by atoms with Crippen LogP contribution < -0.4 is 10.6 Å². The zero-order valence-electron chi connectivity index (χ0n) is 12.8. The van der Waals surface area contributed by atoms with Gasteiger partial charge in [-0.1, -0.05) is 18.2 Å². The molecular formula is C17H25N3O. The fourth-order valence-electron chi connectivity index (χ4n) is 3.25. The number of rotatable bonds is 4. The molecule has 2 N–H and O–H groups in total. The smallest absolute Gasteiger partial charge is 0.231 e. The van der Waals surface area contributed by atoms with Crippen LogP contribution in [0.25, 0.3) is 0 Å². The number of hydrogen-bond donors (Lipinski definition) is 2. The molecule has 1 atom stereocenters. The third-order valence-electron chi connectivity index (χ3n) is 4.78. The Morgan fingerprint density at radius 1 is 1.33 bits per heavy atom. The quantitative estimate of drug-likeness (QED) is 0.892. The van der Waals surface area contributed by atoms with Crippen molar-refractivity contribution in [3.8, 4) is 0 Å². The predicted molar refractivity (Wildman–Crippen MR) is 85.2 cm³/mol. The molecule has 0 aliphatic carbocycles. The first-order valence-corrected chi connectivity index (χ1v) is 8.00. The van der Waals surface area contributed by atoms with Crippen LogP contribution >= 0.6 is 0 Å². The summed E-state index contributed by atoms with van der Waals surface area (Å²) < 4.78 is 0. The van der Waals surface area contributed by atoms with Crippen molar-refractivity contribution in [2.75, 3.05) is 31.5 Å². The van der Waals surface area contributed by atoms with E-state index in [1.54, 1.807) is 0 Å². The summed E-state index contributed by atoms with van der Waals surface area (Å²) in [5.74, 6) is 0.140. The predicted octanol–water partition coefficient (Wildman–Crippen LogP) is 2.22. The normalized spacial score (nSPS) is 26.1. The van der Waals surface area contributed by atoms with Crippen molar-refractivity contribution in [3.05, 3.63) is 29.8 Å². The van der Waals surface area contributed by atoms with Crippen LogP contribution in [0.15, 0.2) is 24.3 Å². The van der Waals surface area contributed by atoms with Crippen molar-refractivity contribution in [1.29, 1.82) is 0 Å². The van der Waals surface area contributed by atoms with Crippen LogP contribution in [-0.4, -0.2) is 37.0 Å². The maximum atomic E-state index is 12.6. The highest BCUT2D eigenvalue weighted by molar-refractivity contribution is 5.96. The minimum atomic E-state index is -0.277. The molecule has 0 bridgehead atoms. The lowest BCUT2D eigenvalue weighted by Gasteiger charge is -2.23. The fraction of sp³-hybridized carbons (Fsp3) is 0.588. The summed E-state index contributed by atoms with van der Waals surface area (Å²) in [7, 11) is 0. The van der Waals surface area contributed by atoms with E-state index in [-0.39, 0.29) is 11.3 Å². The van der Waals surface area contributed by atoms with Crippen LogP contribution in [0.5, 0.6) is 0 Å². The Kier molecular flexibility index (Phi) is 4.27. The second kappa shape index (κ2) is 6.16. The van der Waals surface area contributed by atoms with Crippen molar-refractivity contribution in [2.24, 2.45) is 5.41 Å². The molecule has 0 saturated carbocycles. The molecule has 0 spiro atoms. The van der Waals surface area contributed by atoms with Crippen LogP contribution in [0.4, 0.5) is 5.69 Å². The van der Waals surface area contributed by atoms with Gasteiger partial charge in [0.1, 0.15) is 0 Å². The molecule has 4 nitrogen and oxygen atoms in total. The number of nitrogens with one attached hydrogen (secondary N) is 2. The number of hydrogen-bond acceptors (Lipinski definition) is 3. The van der Waals surface area contributed by atoms with E-state index in [1.807, 2.05) is 19.1 Å². The molecule has 1 aromatic carbocycles. The minimum Gasteiger partial charge on any atom is -0.325 e. The maximum absolute atomic E-state index is 12.6. The van der Waals surface area contributed by atoms with Gasteiger partial charge in [0.05, 0.1) is 5.41 Å². The second-order valence-electron chi connectivity index (χ2n) is 6.58. The van der Waals surface area contributed by atoms with Gasteiger partial charge in [-0.2, -0.15) is 0 Å². The Morgan fingerprint density at radius 2 is 2.10 bits per heavy atom. The molecule has 114 valence electrons. The molecule has 4 heteroatoms. The first-order valence-electron chi connectivity index (χ1n) is 8.00. The Bertz CT molecular complexity index is 503. The van der Waals surface area contributed by atoms with E-state index in [0.29, 0.717) is 0 Å². The van der Waals surface area contributed by atoms with Crippen LogP contribution in [-0.2, 0) is 11.3 Å². The number of nitrogens with zero attached hydrogens (tertiary/aromatic N) is 1. The third kappa shape index (κ3) is 3.27. The van der Waals surface area contributed by atoms with Gasteiger partial charge in [-0.25, -0.2) is 0 Å². The Labute approximate surface area is 126 Å². The van der Waals surface area contributed by atoms with E-state index < -0.39 is 0 Å². The average molecular weight is 287 g/mol. The summed E-state index contributed by atoms with van der Waals surface area (Å²) in [5, 5.41) is 6.45. The summed E-state index contributed by atoms with van der Waals surface area (Å²) in [6, 6.07) is 8.20. The molecule has 2 fully saturated rings. The average Bonchev–Trinajstić information content (AvgIpc) is 3.13. The van der Waals surface area contributed by atoms with Crippen molar-refractivity contribution in [1.82, 2.24) is 10.2 Å². The molecule has 2 saturated heterocycles. The number of anilines is 1. The first kappa shape index (κ1) is 14.5. The molecule has 3 rings (SSSR count). The van der Waals surface area contributed by atoms with Gasteiger partial charge in [0.15, 0.2) is 0 Å². The van der Waals surface area contributed by atoms with Gasteiger partial charge in [-0.15, -0.1) is 0 Å². The molecule has 2 heterocycles. The number of amides is 1. The minimum absolute atomic E-state index is 0.140. The molecule has 21 heavy (non-hydrogen) atoms. The Morgan fingerprint density at radius 3 is 2.81 bits per heavy atom. The number of benzene rings is 1. The van der Waals surface area contributed by atoms with Crippen LogP contribution in [0.1, 0.15) is 31.7 Å². The van der Waals surface area contributed by atoms with E-state index in [9.17, 15) is 4.79 Å². The van der Waals surface area contributed by atoms with Crippen molar-refractivity contribution in [2.45, 2.75) is 32.7 Å². The van der Waals surface area contributed by atoms with Gasteiger partial charge >= 0.3 is 0 Å². The third-order valence-corrected chi connectivity index (χ3v) is 4.78. The van der Waals surface area contributed by atoms with Crippen molar-refractivity contribution < 1.29 is 4.79 Å². The Balaban J connectivity index is 1.71. The van der Waals surface area contributed by atoms with E-state index in [1.165, 1.54) is 31.5 Å². The highest BCUT2D eigenvalue weighted by atomic mass is 16.2. The highest BCUT2D eigenvalue weighted by Crippen LogP contribution is 2.28. The van der Waals surface area contributed by atoms with E-state index in [4.69, 9.17) is 0 Å². The second-order valence-corrected chi connectivity index (χ2v) is 6.58. The molecule has 1 unspecified atom stereocenters. The summed E-state index contributed by atoms with van der Waals surface area (Å²) in [6.07, 6.45) is 3.49. The summed E-state index contributed by atoms with van der Waals surface area (Å²) in [4.78, 5) is 15.0. The zero-order chi connectivity index (χ0) is 14.7. The molecular weight excluding hydrogens is 262 g/mol. The fourth-order valence-corrected chi connectivity index (χ4v) is 3.25. The van der Waals surface area contributed by atoms with Crippen molar-refractivity contribution >= 4 is 11.6 Å². The van der Waals surface area contributed by atoms with Gasteiger partial charge in [-0.05, 0) is 57.5 Å². The van der Waals surface area contributed by atoms with Gasteiger partial charge in [0.2, 0.25) is 5.91 Å². The summed E-state index contributed by atoms with van der Waals surface area (Å²) in [5.41, 5.74) is 1.92. The van der Waals surface area contributed by atoms with E-state index >= 15 is 0 Å². The lowest BCUT2D eigenvalue weighted by Crippen LogP contribution is -2.35. The topological polar surface area (TPSA) is 44.4 Å². The van der Waals surface area contributed by atoms with Crippen LogP contribution in [0.2, 0.25) is 0 Å². The standard InChI is InChI=1S/C17H25N3O/c1-17(8-9-18-13-17)16(21)19-15-7-3-2-6-14(15)12-20-10-4-5-11-20/h2-3,6-7,18H,4-5,8-13H2,1H3,(H,19,21). The number of carbonyl (C=O) groups excluding carboxylic acids is 1. The molecule has 0 aromatic heterocycles. The number of para-hydroxylation sites is 1. The van der Waals surface area contributed by atoms with E-state index in [0.717, 1.165) is 31.7 Å². The molecule has 2 aliphatic heterocycles. The number of likely N-dealkylation sites (tertiary alicyclic amines) is 1. The lowest BCUT2D eigenvalue weighted by molar-refractivity contribution is -0.123. The summed E-state index contributed by atoms with van der Waals surface area (Å²) >= 11 is 0. The largest absolute Gasteiger partial charge is 0.325 e. The molecule has 0 radical (unpaired) electrons. The molecule has 1 amide bonds. The molecule has 2 aliphatic rings. The Hall–Kier alpha value is -1.39. The molecule has 1 aromatic rings. The highest BCUT2D eigenvalue weighted by Gasteiger charge is 2.36. The van der Waals surface area contributed by atoms with Crippen LogP contribution in [0.3, 0.4) is 0 Å². The maximum Gasteiger partial charge on any atom is 0.231 e. The monoisotopic (exact) mass is 287 g/mol. The lowest BCUT2D eigenvalue weighted by atomic mass is 9.88. The van der Waals surface area contributed by atoms with Gasteiger partial charge < -0.3 is 10.6 Å². The van der Waals surface area contributed by atoms with E-state index in [2.05, 4.69) is 27.7 Å². The zero-order valence-corrected chi connectivity index (χ0v) is 12.8. The van der Waals surface area contributed by atoms with Gasteiger partial charge in [0.25, 0.3) is 0 Å². The SMILES string of the molecule is CC1(C(=O)Nc2ccccc2CN2CCCC2)CCNC1. The summed E-state index contributed by atoms with van der Waals surface area (Å²) in [6.45, 7) is 7.02. The van der Waals surface area contributed by atoms with Crippen LogP contribution in [0, 0.1) is 5.41 Å². The van der Waals surface area contributed by atoms with Gasteiger partial charge in [0, 0.05) is 18.8 Å². The van der Waals surface area contributed by atoms with Crippen molar-refractivity contribution in [3.63, 3.8) is 0 Å². The van der Waals surface area contributed by atoms with Gasteiger partial charge in [-0.3, -0.25) is 9.69 Å². The number of carbonyl (C=O) groups is 1. The first-order chi connectivity index (χ1) is 10.2.